The number of nitrogens with one attached hydrogen (secondary N) is 2. The molecule has 0 unspecified atom stereocenters. The molecular weight excluding hydrogens is 348 g/mol. The number of carbonyl (C=O) groups excluding carboxylic acids is 1. The Labute approximate surface area is 157 Å². The fourth-order valence-corrected chi connectivity index (χ4v) is 4.13. The summed E-state index contributed by atoms with van der Waals surface area (Å²) >= 11 is 6.04. The molecule has 3 N–H and O–H groups in total. The number of anilines is 1. The van der Waals surface area contributed by atoms with Gasteiger partial charge in [-0.25, -0.2) is 0 Å². The number of benzene rings is 2. The van der Waals surface area contributed by atoms with Crippen LogP contribution in [-0.4, -0.2) is 24.2 Å². The van der Waals surface area contributed by atoms with Crippen molar-refractivity contribution in [2.75, 3.05) is 18.5 Å². The summed E-state index contributed by atoms with van der Waals surface area (Å²) < 4.78 is 0. The van der Waals surface area contributed by atoms with Crippen LogP contribution in [0.3, 0.4) is 0 Å². The number of rotatable bonds is 4. The average molecular weight is 369 g/mol. The van der Waals surface area contributed by atoms with Gasteiger partial charge in [0, 0.05) is 28.7 Å². The van der Waals surface area contributed by atoms with Crippen LogP contribution in [0.25, 0.3) is 0 Å². The summed E-state index contributed by atoms with van der Waals surface area (Å²) in [5, 5.41) is 16.0. The smallest absolute Gasteiger partial charge is 0.251 e. The van der Waals surface area contributed by atoms with Crippen molar-refractivity contribution in [3.05, 3.63) is 76.3 Å². The molecule has 0 aromatic heterocycles. The molecule has 2 aromatic rings. The number of fused-ring (bicyclic) bond motifs is 3. The number of aliphatic hydroxyl groups is 1. The molecule has 0 saturated heterocycles. The zero-order chi connectivity index (χ0) is 18.1. The highest BCUT2D eigenvalue weighted by Gasteiger charge is 2.38. The molecule has 0 saturated carbocycles. The third-order valence-corrected chi connectivity index (χ3v) is 5.50. The van der Waals surface area contributed by atoms with Crippen LogP contribution in [0.5, 0.6) is 0 Å². The number of amides is 1. The first kappa shape index (κ1) is 17.1. The molecule has 3 atom stereocenters. The van der Waals surface area contributed by atoms with Crippen LogP contribution in [-0.2, 0) is 0 Å². The summed E-state index contributed by atoms with van der Waals surface area (Å²) in [6.07, 6.45) is 5.49. The van der Waals surface area contributed by atoms with Gasteiger partial charge in [-0.2, -0.15) is 0 Å². The lowest BCUT2D eigenvalue weighted by molar-refractivity contribution is 0.0944. The second-order valence-corrected chi connectivity index (χ2v) is 7.25. The molecule has 0 radical (unpaired) electrons. The fraction of sp³-hybridized carbons (Fsp3) is 0.286. The monoisotopic (exact) mass is 368 g/mol. The zero-order valence-corrected chi connectivity index (χ0v) is 15.0. The first-order chi connectivity index (χ1) is 12.7. The first-order valence-corrected chi connectivity index (χ1v) is 9.27. The molecule has 1 amide bonds. The Morgan fingerprint density at radius 2 is 2.04 bits per heavy atom. The van der Waals surface area contributed by atoms with Gasteiger partial charge in [0.2, 0.25) is 0 Å². The van der Waals surface area contributed by atoms with E-state index in [1.165, 1.54) is 5.56 Å². The van der Waals surface area contributed by atoms with Gasteiger partial charge in [-0.1, -0.05) is 35.9 Å². The Bertz CT molecular complexity index is 848. The average Bonchev–Trinajstić information content (AvgIpc) is 3.16. The predicted octanol–water partition coefficient (Wildman–Crippen LogP) is 3.89. The van der Waals surface area contributed by atoms with Crippen molar-refractivity contribution in [1.82, 2.24) is 5.32 Å². The van der Waals surface area contributed by atoms with Crippen molar-refractivity contribution in [3.63, 3.8) is 0 Å². The quantitative estimate of drug-likeness (QED) is 0.717. The van der Waals surface area contributed by atoms with Gasteiger partial charge in [0.05, 0.1) is 12.6 Å². The number of allylic oxidation sites excluding steroid dienone is 2. The van der Waals surface area contributed by atoms with Crippen LogP contribution in [0.2, 0.25) is 5.02 Å². The van der Waals surface area contributed by atoms with Crippen molar-refractivity contribution in [3.8, 4) is 0 Å². The molecule has 1 aliphatic heterocycles. The van der Waals surface area contributed by atoms with Crippen LogP contribution >= 0.6 is 11.6 Å². The van der Waals surface area contributed by atoms with E-state index >= 15 is 0 Å². The van der Waals surface area contributed by atoms with Gasteiger partial charge in [0.15, 0.2) is 0 Å². The van der Waals surface area contributed by atoms with Crippen molar-refractivity contribution in [1.29, 1.82) is 0 Å². The van der Waals surface area contributed by atoms with Crippen molar-refractivity contribution >= 4 is 23.2 Å². The summed E-state index contributed by atoms with van der Waals surface area (Å²) in [4.78, 5) is 12.2. The Morgan fingerprint density at radius 1 is 1.23 bits per heavy atom. The van der Waals surface area contributed by atoms with E-state index in [0.717, 1.165) is 22.7 Å². The molecular formula is C21H21ClN2O2. The number of aliphatic hydroxyl groups excluding tert-OH is 1. The van der Waals surface area contributed by atoms with E-state index in [9.17, 15) is 4.79 Å². The molecule has 26 heavy (non-hydrogen) atoms. The van der Waals surface area contributed by atoms with E-state index in [1.54, 1.807) is 0 Å². The Hall–Kier alpha value is -2.30. The highest BCUT2D eigenvalue weighted by molar-refractivity contribution is 6.30. The minimum Gasteiger partial charge on any atom is -0.395 e. The van der Waals surface area contributed by atoms with Crippen LogP contribution in [0, 0.1) is 5.92 Å². The highest BCUT2D eigenvalue weighted by atomic mass is 35.5. The summed E-state index contributed by atoms with van der Waals surface area (Å²) in [6, 6.07) is 14.0. The van der Waals surface area contributed by atoms with E-state index in [0.29, 0.717) is 11.5 Å². The van der Waals surface area contributed by atoms with E-state index in [4.69, 9.17) is 16.7 Å². The van der Waals surface area contributed by atoms with Gasteiger partial charge in [-0.05, 0) is 53.8 Å². The summed E-state index contributed by atoms with van der Waals surface area (Å²) in [5.74, 6) is 0.553. The number of hydrogen-bond donors (Lipinski definition) is 3. The molecule has 0 fully saturated rings. The normalized spacial score (nSPS) is 23.1. The lowest BCUT2D eigenvalue weighted by Gasteiger charge is -2.37. The maximum absolute atomic E-state index is 12.2. The van der Waals surface area contributed by atoms with E-state index in [-0.39, 0.29) is 31.0 Å². The third-order valence-electron chi connectivity index (χ3n) is 5.25. The standard InChI is InChI=1S/C21H21ClN2O2/c22-15-7-4-13(5-8-15)20-17-3-1-2-16(17)18-12-14(6-9-19(18)24-20)21(26)23-10-11-25/h1-2,4-9,12,16-17,20,24-25H,3,10-11H2,(H,23,26)/t16-,17-,20+/m1/s1. The fourth-order valence-electron chi connectivity index (χ4n) is 4.01. The van der Waals surface area contributed by atoms with Gasteiger partial charge in [0.1, 0.15) is 0 Å². The van der Waals surface area contributed by atoms with Gasteiger partial charge in [-0.3, -0.25) is 4.79 Å². The van der Waals surface area contributed by atoms with E-state index in [1.807, 2.05) is 30.3 Å². The van der Waals surface area contributed by atoms with Gasteiger partial charge >= 0.3 is 0 Å². The SMILES string of the molecule is O=C(NCCO)c1ccc2c(c1)[C@@H]1C=CC[C@H]1[C@H](c1ccc(Cl)cc1)N2. The minimum absolute atomic E-state index is 0.0611. The second kappa shape index (κ2) is 7.14. The summed E-state index contributed by atoms with van der Waals surface area (Å²) in [5.41, 5.74) is 4.08. The van der Waals surface area contributed by atoms with E-state index in [2.05, 4.69) is 34.9 Å². The Balaban J connectivity index is 1.66. The third kappa shape index (κ3) is 3.11. The number of carbonyl (C=O) groups is 1. The molecule has 1 aliphatic carbocycles. The summed E-state index contributed by atoms with van der Waals surface area (Å²) in [6.45, 7) is 0.202. The van der Waals surface area contributed by atoms with Gasteiger partial charge < -0.3 is 15.7 Å². The highest BCUT2D eigenvalue weighted by Crippen LogP contribution is 2.49. The molecule has 4 nitrogen and oxygen atoms in total. The largest absolute Gasteiger partial charge is 0.395 e. The second-order valence-electron chi connectivity index (χ2n) is 6.81. The maximum atomic E-state index is 12.2. The van der Waals surface area contributed by atoms with Crippen molar-refractivity contribution < 1.29 is 9.90 Å². The molecule has 5 heteroatoms. The van der Waals surface area contributed by atoms with Crippen molar-refractivity contribution in [2.24, 2.45) is 5.92 Å². The zero-order valence-electron chi connectivity index (χ0n) is 14.3. The van der Waals surface area contributed by atoms with Crippen LogP contribution in [0.15, 0.2) is 54.6 Å². The first-order valence-electron chi connectivity index (χ1n) is 8.89. The maximum Gasteiger partial charge on any atom is 0.251 e. The molecule has 0 bridgehead atoms. The molecule has 2 aromatic carbocycles. The Kier molecular flexibility index (Phi) is 4.70. The van der Waals surface area contributed by atoms with Gasteiger partial charge in [0.25, 0.3) is 5.91 Å². The minimum atomic E-state index is -0.153. The van der Waals surface area contributed by atoms with Crippen LogP contribution in [0.1, 0.15) is 39.9 Å². The summed E-state index contributed by atoms with van der Waals surface area (Å²) in [7, 11) is 0. The predicted molar refractivity (Wildman–Crippen MR) is 104 cm³/mol. The lowest BCUT2D eigenvalue weighted by atomic mass is 9.76. The molecule has 2 aliphatic rings. The molecule has 1 heterocycles. The topological polar surface area (TPSA) is 61.4 Å². The number of hydrogen-bond acceptors (Lipinski definition) is 3. The lowest BCUT2D eigenvalue weighted by Crippen LogP contribution is -2.30. The molecule has 4 rings (SSSR count). The van der Waals surface area contributed by atoms with Crippen LogP contribution < -0.4 is 10.6 Å². The molecule has 0 spiro atoms. The van der Waals surface area contributed by atoms with E-state index < -0.39 is 0 Å². The number of halogens is 1. The van der Waals surface area contributed by atoms with Crippen LogP contribution in [0.4, 0.5) is 5.69 Å². The van der Waals surface area contributed by atoms with Gasteiger partial charge in [-0.15, -0.1) is 0 Å². The van der Waals surface area contributed by atoms with Crippen molar-refractivity contribution in [2.45, 2.75) is 18.4 Å². The Morgan fingerprint density at radius 3 is 2.81 bits per heavy atom. The molecule has 134 valence electrons.